The van der Waals surface area contributed by atoms with E-state index in [9.17, 15) is 14.9 Å². The van der Waals surface area contributed by atoms with E-state index in [4.69, 9.17) is 18.6 Å². The molecule has 7 nitrogen and oxygen atoms in total. The fraction of sp³-hybridized carbons (Fsp3) is 0.190. The molecule has 29 heavy (non-hydrogen) atoms. The van der Waals surface area contributed by atoms with Crippen molar-refractivity contribution >= 4 is 29.0 Å². The first-order chi connectivity index (χ1) is 13.8. The highest BCUT2D eigenvalue weighted by Gasteiger charge is 2.30. The van der Waals surface area contributed by atoms with Crippen LogP contribution in [0.25, 0.3) is 5.69 Å². The number of nitro benzene ring substituents is 1. The number of quaternary nitrogens is 1. The monoisotopic (exact) mass is 411 g/mol. The van der Waals surface area contributed by atoms with Crippen molar-refractivity contribution in [3.05, 3.63) is 88.2 Å². The SMILES string of the molecule is [CH][N+](CC)(CC)c1nccn1-c1ccc([N+](=O)[O-])cc1C(=O)c1ccccc1Cl. The molecular weight excluding hydrogens is 392 g/mol. The Kier molecular flexibility index (Phi) is 5.81. The highest BCUT2D eigenvalue weighted by Crippen LogP contribution is 2.30. The van der Waals surface area contributed by atoms with Crippen LogP contribution >= 0.6 is 11.6 Å². The lowest BCUT2D eigenvalue weighted by molar-refractivity contribution is -0.384. The van der Waals surface area contributed by atoms with Gasteiger partial charge in [-0.15, -0.1) is 0 Å². The molecule has 0 saturated carbocycles. The summed E-state index contributed by atoms with van der Waals surface area (Å²) in [6.45, 7) is 5.03. The van der Waals surface area contributed by atoms with Crippen LogP contribution in [0.2, 0.25) is 5.02 Å². The van der Waals surface area contributed by atoms with E-state index in [2.05, 4.69) is 4.98 Å². The molecule has 2 aromatic carbocycles. The van der Waals surface area contributed by atoms with E-state index in [1.54, 1.807) is 41.2 Å². The van der Waals surface area contributed by atoms with Gasteiger partial charge in [0.2, 0.25) is 7.05 Å². The maximum Gasteiger partial charge on any atom is 0.314 e. The van der Waals surface area contributed by atoms with Crippen molar-refractivity contribution in [2.24, 2.45) is 0 Å². The minimum absolute atomic E-state index is 0.0453. The smallest absolute Gasteiger partial charge is 0.288 e. The van der Waals surface area contributed by atoms with Crippen molar-refractivity contribution in [2.75, 3.05) is 13.1 Å². The van der Waals surface area contributed by atoms with Crippen molar-refractivity contribution in [3.63, 3.8) is 0 Å². The van der Waals surface area contributed by atoms with Crippen LogP contribution in [0.1, 0.15) is 29.8 Å². The summed E-state index contributed by atoms with van der Waals surface area (Å²) in [5, 5.41) is 11.6. The molecule has 0 spiro atoms. The number of nitro groups is 1. The zero-order valence-corrected chi connectivity index (χ0v) is 16.8. The number of carbonyl (C=O) groups is 1. The molecule has 1 heterocycles. The Balaban J connectivity index is 2.25. The summed E-state index contributed by atoms with van der Waals surface area (Å²) in [5.74, 6) is 0.106. The topological polar surface area (TPSA) is 78.0 Å². The molecule has 0 saturated heterocycles. The summed E-state index contributed by atoms with van der Waals surface area (Å²) in [5.41, 5.74) is 0.663. The van der Waals surface area contributed by atoms with Crippen LogP contribution < -0.4 is 4.48 Å². The Morgan fingerprint density at radius 1 is 1.21 bits per heavy atom. The Bertz CT molecular complexity index is 1070. The van der Waals surface area contributed by atoms with Crippen LogP contribution in [-0.4, -0.2) is 33.3 Å². The average molecular weight is 412 g/mol. The van der Waals surface area contributed by atoms with E-state index >= 15 is 0 Å². The lowest BCUT2D eigenvalue weighted by Crippen LogP contribution is -2.44. The first-order valence-corrected chi connectivity index (χ1v) is 9.47. The predicted molar refractivity (Wildman–Crippen MR) is 112 cm³/mol. The Labute approximate surface area is 173 Å². The average Bonchev–Trinajstić information content (AvgIpc) is 3.23. The molecular formula is C21H20ClN4O3+. The van der Waals surface area contributed by atoms with Crippen LogP contribution in [0.5, 0.6) is 0 Å². The molecule has 8 heteroatoms. The first-order valence-electron chi connectivity index (χ1n) is 9.10. The van der Waals surface area contributed by atoms with E-state index in [0.717, 1.165) is 0 Å². The third-order valence-electron chi connectivity index (χ3n) is 4.96. The number of rotatable bonds is 7. The minimum atomic E-state index is -0.538. The van der Waals surface area contributed by atoms with Crippen molar-refractivity contribution in [1.29, 1.82) is 0 Å². The molecule has 0 aliphatic heterocycles. The number of halogens is 1. The van der Waals surface area contributed by atoms with E-state index in [0.29, 0.717) is 24.7 Å². The molecule has 0 aliphatic carbocycles. The lowest BCUT2D eigenvalue weighted by Gasteiger charge is -2.29. The second-order valence-corrected chi connectivity index (χ2v) is 6.94. The molecule has 0 atom stereocenters. The zero-order valence-electron chi connectivity index (χ0n) is 16.1. The number of non-ortho nitro benzene ring substituents is 1. The molecule has 3 rings (SSSR count). The van der Waals surface area contributed by atoms with Crippen LogP contribution in [-0.2, 0) is 0 Å². The van der Waals surface area contributed by atoms with Gasteiger partial charge in [0.15, 0.2) is 5.78 Å². The van der Waals surface area contributed by atoms with Gasteiger partial charge in [-0.3, -0.25) is 19.5 Å². The number of carbonyl (C=O) groups excluding carboxylic acids is 1. The van der Waals surface area contributed by atoms with Gasteiger partial charge < -0.3 is 0 Å². The van der Waals surface area contributed by atoms with Crippen molar-refractivity contribution in [3.8, 4) is 5.69 Å². The minimum Gasteiger partial charge on any atom is -0.288 e. The lowest BCUT2D eigenvalue weighted by atomic mass is 10.0. The first kappa shape index (κ1) is 20.7. The molecule has 0 unspecified atom stereocenters. The summed E-state index contributed by atoms with van der Waals surface area (Å²) in [6, 6.07) is 10.7. The fourth-order valence-electron chi connectivity index (χ4n) is 3.14. The molecule has 148 valence electrons. The van der Waals surface area contributed by atoms with E-state index < -0.39 is 10.7 Å². The van der Waals surface area contributed by atoms with Gasteiger partial charge in [-0.2, -0.15) is 4.98 Å². The van der Waals surface area contributed by atoms with Crippen molar-refractivity contribution in [1.82, 2.24) is 14.0 Å². The molecule has 0 aliphatic rings. The third-order valence-corrected chi connectivity index (χ3v) is 5.29. The summed E-state index contributed by atoms with van der Waals surface area (Å²) < 4.78 is 1.74. The van der Waals surface area contributed by atoms with Gasteiger partial charge in [0.25, 0.3) is 5.69 Å². The largest absolute Gasteiger partial charge is 0.314 e. The van der Waals surface area contributed by atoms with Gasteiger partial charge in [-0.1, -0.05) is 23.7 Å². The van der Waals surface area contributed by atoms with Gasteiger partial charge in [0, 0.05) is 23.9 Å². The highest BCUT2D eigenvalue weighted by atomic mass is 35.5. The number of ketones is 1. The van der Waals surface area contributed by atoms with Crippen molar-refractivity contribution < 1.29 is 9.72 Å². The van der Waals surface area contributed by atoms with Crippen LogP contribution in [0.3, 0.4) is 0 Å². The standard InChI is InChI=1S/C21H20ClN4O3/c1-4-26(3,5-2)21-23-12-13-24(21)19-11-10-15(25(28)29)14-17(19)20(27)16-8-6-7-9-18(16)22/h3,6-14H,4-5H2,1-2H3/q+1. The summed E-state index contributed by atoms with van der Waals surface area (Å²) in [7, 11) is 6.48. The number of aromatic nitrogens is 2. The Morgan fingerprint density at radius 2 is 1.90 bits per heavy atom. The summed E-state index contributed by atoms with van der Waals surface area (Å²) in [6.07, 6.45) is 3.27. The fourth-order valence-corrected chi connectivity index (χ4v) is 3.36. The molecule has 0 fully saturated rings. The quantitative estimate of drug-likeness (QED) is 0.245. The maximum atomic E-state index is 13.3. The summed E-state index contributed by atoms with van der Waals surface area (Å²) >= 11 is 6.20. The zero-order chi connectivity index (χ0) is 21.2. The van der Waals surface area contributed by atoms with Gasteiger partial charge in [0.05, 0.1) is 40.5 Å². The highest BCUT2D eigenvalue weighted by molar-refractivity contribution is 6.35. The van der Waals surface area contributed by atoms with E-state index in [1.807, 2.05) is 13.8 Å². The van der Waals surface area contributed by atoms with Gasteiger partial charge in [-0.05, 0) is 32.0 Å². The number of nitrogens with zero attached hydrogens (tertiary/aromatic N) is 4. The maximum absolute atomic E-state index is 13.3. The third kappa shape index (κ3) is 3.79. The number of hydrogen-bond acceptors (Lipinski definition) is 4. The second kappa shape index (κ2) is 8.14. The van der Waals surface area contributed by atoms with Gasteiger partial charge >= 0.3 is 5.95 Å². The van der Waals surface area contributed by atoms with Gasteiger partial charge in [-0.25, -0.2) is 4.48 Å². The van der Waals surface area contributed by atoms with Crippen LogP contribution in [0.15, 0.2) is 54.9 Å². The number of imidazole rings is 1. The molecule has 0 amide bonds. The molecule has 2 radical (unpaired) electrons. The number of hydrogen-bond donors (Lipinski definition) is 0. The molecule has 3 aromatic rings. The van der Waals surface area contributed by atoms with Gasteiger partial charge in [0.1, 0.15) is 0 Å². The summed E-state index contributed by atoms with van der Waals surface area (Å²) in [4.78, 5) is 28.5. The van der Waals surface area contributed by atoms with E-state index in [1.165, 1.54) is 18.2 Å². The van der Waals surface area contributed by atoms with E-state index in [-0.39, 0.29) is 26.3 Å². The molecule has 0 N–H and O–H groups in total. The molecule has 0 bridgehead atoms. The van der Waals surface area contributed by atoms with Crippen molar-refractivity contribution in [2.45, 2.75) is 13.8 Å². The molecule has 1 aromatic heterocycles. The van der Waals surface area contributed by atoms with Crippen LogP contribution in [0.4, 0.5) is 11.6 Å². The Morgan fingerprint density at radius 3 is 2.52 bits per heavy atom. The second-order valence-electron chi connectivity index (χ2n) is 6.53. The normalized spacial score (nSPS) is 11.4. The Hall–Kier alpha value is -3.03. The predicted octanol–water partition coefficient (Wildman–Crippen LogP) is 4.68. The number of benzene rings is 2. The van der Waals surface area contributed by atoms with Crippen LogP contribution in [0, 0.1) is 17.2 Å².